The molecule has 1 atom stereocenters. The molecule has 0 spiro atoms. The summed E-state index contributed by atoms with van der Waals surface area (Å²) in [6.45, 7) is 6.75. The highest BCUT2D eigenvalue weighted by Crippen LogP contribution is 2.17. The van der Waals surface area contributed by atoms with Crippen LogP contribution < -0.4 is 15.4 Å². The molecule has 136 valence electrons. The first kappa shape index (κ1) is 21.0. The zero-order chi connectivity index (χ0) is 16.5. The Balaban J connectivity index is 0.00000288. The van der Waals surface area contributed by atoms with E-state index in [-0.39, 0.29) is 24.0 Å². The Morgan fingerprint density at radius 3 is 2.83 bits per heavy atom. The Bertz CT molecular complexity index is 510. The molecule has 5 nitrogen and oxygen atoms in total. The summed E-state index contributed by atoms with van der Waals surface area (Å²) < 4.78 is 5.66. The van der Waals surface area contributed by atoms with Gasteiger partial charge >= 0.3 is 0 Å². The quantitative estimate of drug-likeness (QED) is 0.401. The molecule has 0 bridgehead atoms. The number of benzene rings is 1. The molecule has 1 aliphatic heterocycles. The number of hydrogen-bond donors (Lipinski definition) is 2. The summed E-state index contributed by atoms with van der Waals surface area (Å²) in [5, 5.41) is 6.83. The van der Waals surface area contributed by atoms with E-state index in [1.165, 1.54) is 19.4 Å². The van der Waals surface area contributed by atoms with Gasteiger partial charge < -0.3 is 20.3 Å². The van der Waals surface area contributed by atoms with E-state index >= 15 is 0 Å². The SMILES string of the molecule is CCOc1ccccc1CNC(=NC)NCC1CCCN(C)C1.I. The van der Waals surface area contributed by atoms with E-state index in [1.54, 1.807) is 0 Å². The molecule has 0 radical (unpaired) electrons. The van der Waals surface area contributed by atoms with Crippen molar-refractivity contribution < 1.29 is 4.74 Å². The molecule has 1 fully saturated rings. The minimum Gasteiger partial charge on any atom is -0.494 e. The molecular weight excluding hydrogens is 415 g/mol. The molecule has 1 unspecified atom stereocenters. The van der Waals surface area contributed by atoms with Crippen LogP contribution in [0.4, 0.5) is 0 Å². The lowest BCUT2D eigenvalue weighted by Gasteiger charge is -2.30. The molecule has 6 heteroatoms. The van der Waals surface area contributed by atoms with Crippen LogP contribution in [0.15, 0.2) is 29.3 Å². The van der Waals surface area contributed by atoms with Crippen LogP contribution in [0.5, 0.6) is 5.75 Å². The van der Waals surface area contributed by atoms with Gasteiger partial charge in [0.05, 0.1) is 6.61 Å². The second-order valence-corrected chi connectivity index (χ2v) is 6.12. The van der Waals surface area contributed by atoms with E-state index in [2.05, 4.69) is 33.6 Å². The zero-order valence-corrected chi connectivity index (χ0v) is 17.4. The Hall–Kier alpha value is -1.02. The van der Waals surface area contributed by atoms with Crippen molar-refractivity contribution in [1.82, 2.24) is 15.5 Å². The van der Waals surface area contributed by atoms with Crippen LogP contribution in [-0.4, -0.2) is 51.2 Å². The average molecular weight is 446 g/mol. The number of halogens is 1. The van der Waals surface area contributed by atoms with E-state index in [9.17, 15) is 0 Å². The van der Waals surface area contributed by atoms with E-state index in [0.29, 0.717) is 19.1 Å². The summed E-state index contributed by atoms with van der Waals surface area (Å²) in [7, 11) is 4.01. The van der Waals surface area contributed by atoms with Gasteiger partial charge in [-0.15, -0.1) is 24.0 Å². The number of nitrogens with zero attached hydrogens (tertiary/aromatic N) is 2. The molecule has 2 rings (SSSR count). The van der Waals surface area contributed by atoms with Gasteiger partial charge in [-0.25, -0.2) is 0 Å². The third-order valence-corrected chi connectivity index (χ3v) is 4.22. The number of para-hydroxylation sites is 1. The Labute approximate surface area is 163 Å². The molecule has 1 saturated heterocycles. The predicted molar refractivity (Wildman–Crippen MR) is 111 cm³/mol. The Morgan fingerprint density at radius 2 is 2.12 bits per heavy atom. The van der Waals surface area contributed by atoms with Crippen LogP contribution in [0.1, 0.15) is 25.3 Å². The van der Waals surface area contributed by atoms with E-state index in [4.69, 9.17) is 4.74 Å². The summed E-state index contributed by atoms with van der Waals surface area (Å²) in [5.41, 5.74) is 1.15. The summed E-state index contributed by atoms with van der Waals surface area (Å²) in [4.78, 5) is 6.73. The highest BCUT2D eigenvalue weighted by atomic mass is 127. The van der Waals surface area contributed by atoms with E-state index in [1.807, 2.05) is 32.2 Å². The number of guanidine groups is 1. The summed E-state index contributed by atoms with van der Waals surface area (Å²) in [6.07, 6.45) is 2.58. The number of rotatable bonds is 6. The lowest BCUT2D eigenvalue weighted by molar-refractivity contribution is 0.210. The van der Waals surface area contributed by atoms with E-state index in [0.717, 1.165) is 30.4 Å². The van der Waals surface area contributed by atoms with Gasteiger partial charge in [0.2, 0.25) is 0 Å². The summed E-state index contributed by atoms with van der Waals surface area (Å²) in [6, 6.07) is 8.13. The molecule has 1 aromatic rings. The summed E-state index contributed by atoms with van der Waals surface area (Å²) >= 11 is 0. The van der Waals surface area contributed by atoms with Gasteiger partial charge in [0.25, 0.3) is 0 Å². The van der Waals surface area contributed by atoms with Crippen molar-refractivity contribution in [1.29, 1.82) is 0 Å². The first-order valence-corrected chi connectivity index (χ1v) is 8.56. The van der Waals surface area contributed by atoms with Gasteiger partial charge in [0.15, 0.2) is 5.96 Å². The third kappa shape index (κ3) is 6.84. The number of nitrogens with one attached hydrogen (secondary N) is 2. The lowest BCUT2D eigenvalue weighted by Crippen LogP contribution is -2.43. The fourth-order valence-electron chi connectivity index (χ4n) is 3.03. The fourth-order valence-corrected chi connectivity index (χ4v) is 3.03. The normalized spacial score (nSPS) is 18.6. The molecule has 2 N–H and O–H groups in total. The van der Waals surface area contributed by atoms with Crippen LogP contribution in [0.25, 0.3) is 0 Å². The number of ether oxygens (including phenoxy) is 1. The highest BCUT2D eigenvalue weighted by molar-refractivity contribution is 14.0. The number of likely N-dealkylation sites (tertiary alicyclic amines) is 1. The molecule has 1 heterocycles. The standard InChI is InChI=1S/C18H30N4O.HI/c1-4-23-17-10-6-5-9-16(17)13-21-18(19-2)20-12-15-8-7-11-22(3)14-15;/h5-6,9-10,15H,4,7-8,11-14H2,1-3H3,(H2,19,20,21);1H. The maximum absolute atomic E-state index is 5.66. The monoisotopic (exact) mass is 446 g/mol. The van der Waals surface area contributed by atoms with Crippen LogP contribution in [0, 0.1) is 5.92 Å². The minimum atomic E-state index is 0. The maximum Gasteiger partial charge on any atom is 0.191 e. The van der Waals surface area contributed by atoms with Crippen molar-refractivity contribution in [2.45, 2.75) is 26.3 Å². The third-order valence-electron chi connectivity index (χ3n) is 4.22. The molecular formula is C18H31IN4O. The topological polar surface area (TPSA) is 48.9 Å². The van der Waals surface area contributed by atoms with Gasteiger partial charge in [-0.2, -0.15) is 0 Å². The molecule has 24 heavy (non-hydrogen) atoms. The first-order valence-electron chi connectivity index (χ1n) is 8.56. The van der Waals surface area contributed by atoms with Crippen molar-refractivity contribution in [3.8, 4) is 5.75 Å². The zero-order valence-electron chi connectivity index (χ0n) is 15.0. The lowest BCUT2D eigenvalue weighted by atomic mass is 9.99. The van der Waals surface area contributed by atoms with Gasteiger partial charge in [-0.05, 0) is 45.3 Å². The Morgan fingerprint density at radius 1 is 1.33 bits per heavy atom. The van der Waals surface area contributed by atoms with Gasteiger partial charge in [-0.1, -0.05) is 18.2 Å². The molecule has 0 aliphatic carbocycles. The Kier molecular flexibility index (Phi) is 10.1. The van der Waals surface area contributed by atoms with Crippen molar-refractivity contribution in [3.63, 3.8) is 0 Å². The number of aliphatic imine (C=N–C) groups is 1. The molecule has 1 aliphatic rings. The van der Waals surface area contributed by atoms with Crippen LogP contribution in [0.3, 0.4) is 0 Å². The molecule has 0 amide bonds. The maximum atomic E-state index is 5.66. The number of hydrogen-bond acceptors (Lipinski definition) is 3. The highest BCUT2D eigenvalue weighted by Gasteiger charge is 2.17. The van der Waals surface area contributed by atoms with Crippen LogP contribution >= 0.6 is 24.0 Å². The molecule has 0 saturated carbocycles. The van der Waals surface area contributed by atoms with Crippen molar-refractivity contribution in [3.05, 3.63) is 29.8 Å². The second kappa shape index (κ2) is 11.5. The molecule has 0 aromatic heterocycles. The predicted octanol–water partition coefficient (Wildman–Crippen LogP) is 2.71. The van der Waals surface area contributed by atoms with Crippen molar-refractivity contribution >= 4 is 29.9 Å². The second-order valence-electron chi connectivity index (χ2n) is 6.12. The van der Waals surface area contributed by atoms with Gasteiger partial charge in [0, 0.05) is 32.2 Å². The van der Waals surface area contributed by atoms with E-state index < -0.39 is 0 Å². The fraction of sp³-hybridized carbons (Fsp3) is 0.611. The number of piperidine rings is 1. The first-order chi connectivity index (χ1) is 11.2. The largest absolute Gasteiger partial charge is 0.494 e. The minimum absolute atomic E-state index is 0. The van der Waals surface area contributed by atoms with Gasteiger partial charge in [-0.3, -0.25) is 4.99 Å². The van der Waals surface area contributed by atoms with Crippen LogP contribution in [0.2, 0.25) is 0 Å². The smallest absolute Gasteiger partial charge is 0.191 e. The van der Waals surface area contributed by atoms with Gasteiger partial charge in [0.1, 0.15) is 5.75 Å². The molecule has 1 aromatic carbocycles. The average Bonchev–Trinajstić information content (AvgIpc) is 2.57. The van der Waals surface area contributed by atoms with Crippen molar-refractivity contribution in [2.24, 2.45) is 10.9 Å². The van der Waals surface area contributed by atoms with Crippen molar-refractivity contribution in [2.75, 3.05) is 40.3 Å². The summed E-state index contributed by atoms with van der Waals surface area (Å²) in [5.74, 6) is 2.49. The van der Waals surface area contributed by atoms with Crippen LogP contribution in [-0.2, 0) is 6.54 Å².